The van der Waals surface area contributed by atoms with Crippen molar-refractivity contribution in [3.8, 4) is 11.3 Å². The number of nitrogens with two attached hydrogens (primary N) is 1. The van der Waals surface area contributed by atoms with Crippen LogP contribution in [0.4, 0.5) is 10.1 Å². The summed E-state index contributed by atoms with van der Waals surface area (Å²) in [6.07, 6.45) is 6.32. The second-order valence-electron chi connectivity index (χ2n) is 10.3. The molecule has 6 rings (SSSR count). The Morgan fingerprint density at radius 2 is 1.92 bits per heavy atom. The fraction of sp³-hybridized carbons (Fsp3) is 0.429. The van der Waals surface area contributed by atoms with E-state index in [0.29, 0.717) is 24.6 Å². The number of anilines is 1. The van der Waals surface area contributed by atoms with Gasteiger partial charge in [-0.3, -0.25) is 0 Å². The van der Waals surface area contributed by atoms with E-state index < -0.39 is 5.82 Å². The first-order valence-electron chi connectivity index (χ1n) is 12.7. The number of fused-ring (bicyclic) bond motifs is 2. The highest BCUT2D eigenvalue weighted by atomic mass is 19.1. The number of benzene rings is 2. The zero-order chi connectivity index (χ0) is 24.8. The van der Waals surface area contributed by atoms with Gasteiger partial charge >= 0.3 is 0 Å². The number of amidine groups is 1. The summed E-state index contributed by atoms with van der Waals surface area (Å²) >= 11 is 0. The van der Waals surface area contributed by atoms with E-state index in [-0.39, 0.29) is 17.5 Å². The maximum Gasteiger partial charge on any atom is 0.173 e. The molecule has 1 aliphatic carbocycles. The summed E-state index contributed by atoms with van der Waals surface area (Å²) in [5, 5.41) is 16.3. The lowest BCUT2D eigenvalue weighted by molar-refractivity contribution is 0.0147. The summed E-state index contributed by atoms with van der Waals surface area (Å²) in [4.78, 5) is 2.33. The molecule has 0 radical (unpaired) electrons. The first kappa shape index (κ1) is 23.0. The van der Waals surface area contributed by atoms with Crippen LogP contribution in [-0.4, -0.2) is 34.4 Å². The van der Waals surface area contributed by atoms with Gasteiger partial charge in [-0.1, -0.05) is 34.6 Å². The number of hydrogen-bond acceptors (Lipinski definition) is 6. The molecule has 8 heteroatoms. The molecule has 1 unspecified atom stereocenters. The van der Waals surface area contributed by atoms with Crippen LogP contribution in [0.2, 0.25) is 0 Å². The number of aromatic nitrogens is 1. The molecule has 3 aromatic rings. The highest BCUT2D eigenvalue weighted by Crippen LogP contribution is 2.45. The molecule has 3 atom stereocenters. The van der Waals surface area contributed by atoms with Crippen LogP contribution >= 0.6 is 0 Å². The molecule has 36 heavy (non-hydrogen) atoms. The van der Waals surface area contributed by atoms with Crippen LogP contribution in [0.25, 0.3) is 11.3 Å². The topological polar surface area (TPSA) is 97.1 Å². The van der Waals surface area contributed by atoms with Crippen molar-refractivity contribution >= 4 is 11.5 Å². The Labute approximate surface area is 209 Å². The standard InChI is InChI=1S/C28H31FN4O3/c1-16-4-2-3-5-22(16)26-24(27(36-32-26)17-6-7-17)15-35-21-12-18-8-9-19(13-21)33(18)20-10-11-23(25(29)14-20)28(30)31-34/h2-5,10-11,14,17-19,21,34H,6-9,12-13,15H2,1H3,(H2,30,31)/t18-,19+,21?. The molecule has 2 aliphatic heterocycles. The highest BCUT2D eigenvalue weighted by Gasteiger charge is 2.42. The number of piperidine rings is 1. The van der Waals surface area contributed by atoms with Gasteiger partial charge in [0.15, 0.2) is 5.84 Å². The second kappa shape index (κ2) is 9.24. The van der Waals surface area contributed by atoms with Crippen molar-refractivity contribution in [1.82, 2.24) is 5.16 Å². The third kappa shape index (κ3) is 4.13. The molecule has 0 amide bonds. The fourth-order valence-corrected chi connectivity index (χ4v) is 5.99. The summed E-state index contributed by atoms with van der Waals surface area (Å²) in [7, 11) is 0. The van der Waals surface area contributed by atoms with Crippen LogP contribution in [-0.2, 0) is 11.3 Å². The molecule has 2 bridgehead atoms. The summed E-state index contributed by atoms with van der Waals surface area (Å²) in [6, 6.07) is 13.8. The maximum atomic E-state index is 14.6. The molecule has 1 saturated carbocycles. The molecule has 7 nitrogen and oxygen atoms in total. The molecule has 3 fully saturated rings. The SMILES string of the molecule is Cc1ccccc1-c1noc(C2CC2)c1COC1C[C@H]2CC[C@@H](C1)N2c1ccc(C(N)=NO)c(F)c1. The number of rotatable bonds is 7. The van der Waals surface area contributed by atoms with Crippen molar-refractivity contribution in [1.29, 1.82) is 0 Å². The second-order valence-corrected chi connectivity index (χ2v) is 10.3. The van der Waals surface area contributed by atoms with E-state index in [0.717, 1.165) is 66.8 Å². The third-order valence-electron chi connectivity index (χ3n) is 7.95. The van der Waals surface area contributed by atoms with Crippen molar-refractivity contribution in [2.75, 3.05) is 4.90 Å². The van der Waals surface area contributed by atoms with Crippen LogP contribution in [0.5, 0.6) is 0 Å². The van der Waals surface area contributed by atoms with E-state index in [1.165, 1.54) is 11.6 Å². The zero-order valence-corrected chi connectivity index (χ0v) is 20.4. The van der Waals surface area contributed by atoms with Crippen LogP contribution in [0, 0.1) is 12.7 Å². The van der Waals surface area contributed by atoms with Crippen molar-refractivity contribution < 1.29 is 18.9 Å². The van der Waals surface area contributed by atoms with Gasteiger partial charge in [0, 0.05) is 34.8 Å². The number of halogens is 1. The van der Waals surface area contributed by atoms with Gasteiger partial charge in [0.25, 0.3) is 0 Å². The van der Waals surface area contributed by atoms with E-state index in [1.54, 1.807) is 6.07 Å². The Balaban J connectivity index is 1.18. The predicted molar refractivity (Wildman–Crippen MR) is 135 cm³/mol. The first-order valence-corrected chi connectivity index (χ1v) is 12.7. The van der Waals surface area contributed by atoms with Gasteiger partial charge < -0.3 is 25.1 Å². The van der Waals surface area contributed by atoms with Crippen molar-refractivity contribution in [3.63, 3.8) is 0 Å². The minimum atomic E-state index is -0.482. The van der Waals surface area contributed by atoms with Gasteiger partial charge in [-0.2, -0.15) is 0 Å². The average molecular weight is 491 g/mol. The van der Waals surface area contributed by atoms with Gasteiger partial charge in [-0.05, 0) is 69.2 Å². The smallest absolute Gasteiger partial charge is 0.173 e. The normalized spacial score (nSPS) is 23.9. The van der Waals surface area contributed by atoms with Crippen molar-refractivity contribution in [3.05, 3.63) is 70.7 Å². The summed E-state index contributed by atoms with van der Waals surface area (Å²) < 4.78 is 27.0. The monoisotopic (exact) mass is 490 g/mol. The van der Waals surface area contributed by atoms with Crippen LogP contribution in [0.15, 0.2) is 52.1 Å². The van der Waals surface area contributed by atoms with E-state index in [4.69, 9.17) is 20.2 Å². The quantitative estimate of drug-likeness (QED) is 0.197. The molecular weight excluding hydrogens is 459 g/mol. The molecule has 188 valence electrons. The van der Waals surface area contributed by atoms with Gasteiger partial charge in [-0.25, -0.2) is 4.39 Å². The first-order chi connectivity index (χ1) is 17.5. The number of oxime groups is 1. The van der Waals surface area contributed by atoms with E-state index in [9.17, 15) is 4.39 Å². The maximum absolute atomic E-state index is 14.6. The van der Waals surface area contributed by atoms with Gasteiger partial charge in [-0.15, -0.1) is 0 Å². The van der Waals surface area contributed by atoms with Gasteiger partial charge in [0.05, 0.1) is 18.3 Å². The lowest BCUT2D eigenvalue weighted by Gasteiger charge is -2.40. The molecular formula is C28H31FN4O3. The summed E-state index contributed by atoms with van der Waals surface area (Å²) in [5.41, 5.74) is 10.8. The third-order valence-corrected chi connectivity index (χ3v) is 7.95. The Hall–Kier alpha value is -3.39. The lowest BCUT2D eigenvalue weighted by Crippen LogP contribution is -2.45. The van der Waals surface area contributed by atoms with E-state index in [1.807, 2.05) is 18.2 Å². The molecule has 3 heterocycles. The highest BCUT2D eigenvalue weighted by molar-refractivity contribution is 5.97. The Morgan fingerprint density at radius 1 is 1.17 bits per heavy atom. The number of ether oxygens (including phenoxy) is 1. The van der Waals surface area contributed by atoms with Crippen molar-refractivity contribution in [2.45, 2.75) is 76.2 Å². The largest absolute Gasteiger partial charge is 0.409 e. The minimum absolute atomic E-state index is 0.108. The molecule has 3 N–H and O–H groups in total. The number of hydrogen-bond donors (Lipinski definition) is 2. The van der Waals surface area contributed by atoms with Gasteiger partial charge in [0.2, 0.25) is 0 Å². The number of nitrogens with zero attached hydrogens (tertiary/aromatic N) is 3. The van der Waals surface area contributed by atoms with Crippen molar-refractivity contribution in [2.24, 2.45) is 10.9 Å². The van der Waals surface area contributed by atoms with Gasteiger partial charge in [0.1, 0.15) is 17.3 Å². The van der Waals surface area contributed by atoms with Crippen LogP contribution in [0.1, 0.15) is 66.9 Å². The van der Waals surface area contributed by atoms with E-state index >= 15 is 0 Å². The minimum Gasteiger partial charge on any atom is -0.409 e. The van der Waals surface area contributed by atoms with Crippen LogP contribution in [0.3, 0.4) is 0 Å². The molecule has 2 aromatic carbocycles. The molecule has 2 saturated heterocycles. The Bertz CT molecular complexity index is 1290. The fourth-order valence-electron chi connectivity index (χ4n) is 5.99. The summed E-state index contributed by atoms with van der Waals surface area (Å²) in [6.45, 7) is 2.59. The predicted octanol–water partition coefficient (Wildman–Crippen LogP) is 5.48. The molecule has 3 aliphatic rings. The zero-order valence-electron chi connectivity index (χ0n) is 20.4. The Morgan fingerprint density at radius 3 is 2.58 bits per heavy atom. The summed E-state index contributed by atoms with van der Waals surface area (Å²) in [5.74, 6) is 0.729. The average Bonchev–Trinajstić information content (AvgIpc) is 3.59. The number of aryl methyl sites for hydroxylation is 1. The van der Waals surface area contributed by atoms with Crippen LogP contribution < -0.4 is 10.6 Å². The van der Waals surface area contributed by atoms with E-state index in [2.05, 4.69) is 34.3 Å². The lowest BCUT2D eigenvalue weighted by atomic mass is 9.97. The molecule has 1 aromatic heterocycles. The molecule has 0 spiro atoms. The Kier molecular flexibility index (Phi) is 5.91.